The molecule has 0 aliphatic heterocycles. The Labute approximate surface area is 124 Å². The Morgan fingerprint density at radius 2 is 1.70 bits per heavy atom. The van der Waals surface area contributed by atoms with Gasteiger partial charge in [-0.2, -0.15) is 0 Å². The number of methoxy groups -OCH3 is 1. The molecule has 0 aliphatic carbocycles. The van der Waals surface area contributed by atoms with Crippen LogP contribution in [0, 0.1) is 0 Å². The predicted octanol–water partition coefficient (Wildman–Crippen LogP) is 4.32. The van der Waals surface area contributed by atoms with Gasteiger partial charge in [-0.1, -0.05) is 57.9 Å². The van der Waals surface area contributed by atoms with Crippen molar-refractivity contribution in [1.82, 2.24) is 10.3 Å². The Morgan fingerprint density at radius 1 is 1.00 bits per heavy atom. The van der Waals surface area contributed by atoms with Crippen molar-refractivity contribution < 1.29 is 4.74 Å². The van der Waals surface area contributed by atoms with Gasteiger partial charge in [-0.15, -0.1) is 0 Å². The molecule has 0 unspecified atom stereocenters. The zero-order chi connectivity index (χ0) is 14.5. The quantitative estimate of drug-likeness (QED) is 0.578. The van der Waals surface area contributed by atoms with Crippen LogP contribution in [0.25, 0.3) is 0 Å². The van der Waals surface area contributed by atoms with E-state index in [-0.39, 0.29) is 0 Å². The summed E-state index contributed by atoms with van der Waals surface area (Å²) in [5, 5.41) is 3.47. The van der Waals surface area contributed by atoms with Crippen LogP contribution in [0.5, 0.6) is 5.88 Å². The molecule has 20 heavy (non-hydrogen) atoms. The van der Waals surface area contributed by atoms with Crippen LogP contribution in [0.3, 0.4) is 0 Å². The smallest absolute Gasteiger partial charge is 0.212 e. The molecule has 0 saturated heterocycles. The van der Waals surface area contributed by atoms with E-state index in [2.05, 4.69) is 23.3 Å². The molecule has 1 N–H and O–H groups in total. The van der Waals surface area contributed by atoms with E-state index in [0.717, 1.165) is 13.1 Å². The standard InChI is InChI=1S/C17H30N2O/c1-3-4-5-6-7-8-9-10-13-18-14-16-11-12-17(20-2)19-15-16/h11-12,15,18H,3-10,13-14H2,1-2H3. The van der Waals surface area contributed by atoms with Crippen LogP contribution in [0.1, 0.15) is 63.9 Å². The average molecular weight is 278 g/mol. The fraction of sp³-hybridized carbons (Fsp3) is 0.706. The lowest BCUT2D eigenvalue weighted by molar-refractivity contribution is 0.397. The summed E-state index contributed by atoms with van der Waals surface area (Å²) in [6.07, 6.45) is 12.9. The maximum absolute atomic E-state index is 5.04. The lowest BCUT2D eigenvalue weighted by atomic mass is 10.1. The van der Waals surface area contributed by atoms with Crippen LogP contribution in [0.15, 0.2) is 18.3 Å². The molecule has 0 aromatic carbocycles. The Kier molecular flexibility index (Phi) is 9.93. The Bertz CT molecular complexity index is 324. The Morgan fingerprint density at radius 3 is 2.30 bits per heavy atom. The van der Waals surface area contributed by atoms with E-state index in [1.807, 2.05) is 12.3 Å². The van der Waals surface area contributed by atoms with Crippen molar-refractivity contribution in [2.45, 2.75) is 64.8 Å². The molecule has 0 saturated carbocycles. The number of ether oxygens (including phenoxy) is 1. The second kappa shape index (κ2) is 11.7. The molecular weight excluding hydrogens is 248 g/mol. The summed E-state index contributed by atoms with van der Waals surface area (Å²) in [6.45, 7) is 4.26. The van der Waals surface area contributed by atoms with E-state index in [1.165, 1.54) is 56.9 Å². The number of nitrogens with zero attached hydrogens (tertiary/aromatic N) is 1. The highest BCUT2D eigenvalue weighted by Crippen LogP contribution is 2.08. The molecule has 0 radical (unpaired) electrons. The third-order valence-corrected chi connectivity index (χ3v) is 3.54. The summed E-state index contributed by atoms with van der Waals surface area (Å²) in [5.41, 5.74) is 1.21. The van der Waals surface area contributed by atoms with Crippen molar-refractivity contribution in [2.75, 3.05) is 13.7 Å². The van der Waals surface area contributed by atoms with Crippen molar-refractivity contribution in [3.05, 3.63) is 23.9 Å². The lowest BCUT2D eigenvalue weighted by Crippen LogP contribution is -2.14. The fourth-order valence-corrected chi connectivity index (χ4v) is 2.25. The van der Waals surface area contributed by atoms with Crippen LogP contribution in [-0.2, 0) is 6.54 Å². The largest absolute Gasteiger partial charge is 0.481 e. The topological polar surface area (TPSA) is 34.1 Å². The molecule has 3 nitrogen and oxygen atoms in total. The van der Waals surface area contributed by atoms with Gasteiger partial charge in [-0.25, -0.2) is 4.98 Å². The fourth-order valence-electron chi connectivity index (χ4n) is 2.25. The molecule has 0 amide bonds. The van der Waals surface area contributed by atoms with Gasteiger partial charge in [0.05, 0.1) is 7.11 Å². The van der Waals surface area contributed by atoms with Gasteiger partial charge in [-0.3, -0.25) is 0 Å². The summed E-state index contributed by atoms with van der Waals surface area (Å²) in [7, 11) is 1.64. The van der Waals surface area contributed by atoms with E-state index in [1.54, 1.807) is 7.11 Å². The van der Waals surface area contributed by atoms with E-state index < -0.39 is 0 Å². The number of aromatic nitrogens is 1. The molecule has 1 aromatic heterocycles. The highest BCUT2D eigenvalue weighted by atomic mass is 16.5. The second-order valence-corrected chi connectivity index (χ2v) is 5.36. The first kappa shape index (κ1) is 17.0. The Hall–Kier alpha value is -1.09. The summed E-state index contributed by atoms with van der Waals surface area (Å²) < 4.78 is 5.04. The molecule has 1 rings (SSSR count). The first-order valence-electron chi connectivity index (χ1n) is 8.06. The highest BCUT2D eigenvalue weighted by molar-refractivity contribution is 5.17. The molecule has 1 heterocycles. The SMILES string of the molecule is CCCCCCCCCCNCc1ccc(OC)nc1. The predicted molar refractivity (Wildman–Crippen MR) is 85.1 cm³/mol. The average Bonchev–Trinajstić information content (AvgIpc) is 2.50. The van der Waals surface area contributed by atoms with Gasteiger partial charge in [0.1, 0.15) is 0 Å². The maximum Gasteiger partial charge on any atom is 0.212 e. The normalized spacial score (nSPS) is 10.7. The van der Waals surface area contributed by atoms with Gasteiger partial charge in [0.2, 0.25) is 5.88 Å². The van der Waals surface area contributed by atoms with Crippen LogP contribution in [-0.4, -0.2) is 18.6 Å². The monoisotopic (exact) mass is 278 g/mol. The van der Waals surface area contributed by atoms with Gasteiger partial charge >= 0.3 is 0 Å². The number of rotatable bonds is 12. The van der Waals surface area contributed by atoms with Gasteiger partial charge < -0.3 is 10.1 Å². The number of hydrogen-bond donors (Lipinski definition) is 1. The highest BCUT2D eigenvalue weighted by Gasteiger charge is 1.96. The number of nitrogens with one attached hydrogen (secondary N) is 1. The van der Waals surface area contributed by atoms with Gasteiger partial charge in [0.25, 0.3) is 0 Å². The summed E-state index contributed by atoms with van der Waals surface area (Å²) in [6, 6.07) is 3.97. The molecular formula is C17H30N2O. The van der Waals surface area contributed by atoms with Gasteiger partial charge in [0.15, 0.2) is 0 Å². The van der Waals surface area contributed by atoms with E-state index in [0.29, 0.717) is 5.88 Å². The van der Waals surface area contributed by atoms with Crippen molar-refractivity contribution in [1.29, 1.82) is 0 Å². The van der Waals surface area contributed by atoms with Crippen LogP contribution >= 0.6 is 0 Å². The second-order valence-electron chi connectivity index (χ2n) is 5.36. The van der Waals surface area contributed by atoms with Crippen molar-refractivity contribution >= 4 is 0 Å². The lowest BCUT2D eigenvalue weighted by Gasteiger charge is -2.05. The summed E-state index contributed by atoms with van der Waals surface area (Å²) in [5.74, 6) is 0.678. The number of hydrogen-bond acceptors (Lipinski definition) is 3. The van der Waals surface area contributed by atoms with Crippen LogP contribution < -0.4 is 10.1 Å². The van der Waals surface area contributed by atoms with E-state index in [4.69, 9.17) is 4.74 Å². The molecule has 114 valence electrons. The Balaban J connectivity index is 1.91. The zero-order valence-corrected chi connectivity index (χ0v) is 13.2. The first-order valence-corrected chi connectivity index (χ1v) is 8.06. The molecule has 0 fully saturated rings. The molecule has 3 heteroatoms. The molecule has 0 bridgehead atoms. The first-order chi connectivity index (χ1) is 9.86. The van der Waals surface area contributed by atoms with E-state index in [9.17, 15) is 0 Å². The minimum atomic E-state index is 0.678. The summed E-state index contributed by atoms with van der Waals surface area (Å²) >= 11 is 0. The third kappa shape index (κ3) is 8.16. The zero-order valence-electron chi connectivity index (χ0n) is 13.2. The molecule has 0 atom stereocenters. The number of unbranched alkanes of at least 4 members (excludes halogenated alkanes) is 7. The minimum absolute atomic E-state index is 0.678. The van der Waals surface area contributed by atoms with E-state index >= 15 is 0 Å². The minimum Gasteiger partial charge on any atom is -0.481 e. The molecule has 0 aliphatic rings. The molecule has 0 spiro atoms. The van der Waals surface area contributed by atoms with Crippen molar-refractivity contribution in [3.8, 4) is 5.88 Å². The van der Waals surface area contributed by atoms with Crippen LogP contribution in [0.2, 0.25) is 0 Å². The maximum atomic E-state index is 5.04. The third-order valence-electron chi connectivity index (χ3n) is 3.54. The van der Waals surface area contributed by atoms with Crippen LogP contribution in [0.4, 0.5) is 0 Å². The van der Waals surface area contributed by atoms with Gasteiger partial charge in [-0.05, 0) is 18.5 Å². The summed E-state index contributed by atoms with van der Waals surface area (Å²) in [4.78, 5) is 4.20. The van der Waals surface area contributed by atoms with Crippen molar-refractivity contribution in [2.24, 2.45) is 0 Å². The molecule has 1 aromatic rings. The van der Waals surface area contributed by atoms with Crippen molar-refractivity contribution in [3.63, 3.8) is 0 Å². The number of pyridine rings is 1. The van der Waals surface area contributed by atoms with Gasteiger partial charge in [0, 0.05) is 18.8 Å².